The maximum absolute atomic E-state index is 2.51. The van der Waals surface area contributed by atoms with Crippen LogP contribution in [0.4, 0.5) is 0 Å². The number of aromatic nitrogens is 1. The number of hydrogen-bond acceptors (Lipinski definition) is 0. The van der Waals surface area contributed by atoms with Crippen molar-refractivity contribution in [3.8, 4) is 0 Å². The third-order valence-corrected chi connectivity index (χ3v) is 4.58. The molecule has 2 heteroatoms. The molecule has 3 aromatic rings. The topological polar surface area (TPSA) is 4.93 Å². The van der Waals surface area contributed by atoms with E-state index in [0.29, 0.717) is 0 Å². The van der Waals surface area contributed by atoms with Crippen LogP contribution in [0.15, 0.2) is 48.5 Å². The van der Waals surface area contributed by atoms with E-state index in [9.17, 15) is 0 Å². The second-order valence-electron chi connectivity index (χ2n) is 6.18. The van der Waals surface area contributed by atoms with E-state index in [4.69, 9.17) is 0 Å². The van der Waals surface area contributed by atoms with Crippen LogP contribution in [-0.4, -0.2) is 12.6 Å². The molecule has 0 aliphatic carbocycles. The largest absolute Gasteiger partial charge is 0.344 e. The fourth-order valence-corrected chi connectivity index (χ4v) is 3.94. The van der Waals surface area contributed by atoms with Crippen molar-refractivity contribution in [1.82, 2.24) is 4.57 Å². The molecule has 3 rings (SSSR count). The molecule has 18 heavy (non-hydrogen) atoms. The zero-order valence-electron chi connectivity index (χ0n) is 11.3. The quantitative estimate of drug-likeness (QED) is 0.585. The summed E-state index contributed by atoms with van der Waals surface area (Å²) >= 11 is 0. The zero-order chi connectivity index (χ0) is 12.8. The lowest BCUT2D eigenvalue weighted by Crippen LogP contribution is -2.27. The first-order valence-corrected chi connectivity index (χ1v) is 10.2. The lowest BCUT2D eigenvalue weighted by Gasteiger charge is -2.18. The molecule has 0 radical (unpaired) electrons. The summed E-state index contributed by atoms with van der Waals surface area (Å²) < 4.78 is 2.51. The third-order valence-electron chi connectivity index (χ3n) is 3.31. The first-order chi connectivity index (χ1) is 8.56. The summed E-state index contributed by atoms with van der Waals surface area (Å²) in [6.45, 7) is 7.28. The Kier molecular flexibility index (Phi) is 2.56. The van der Waals surface area contributed by atoms with E-state index in [-0.39, 0.29) is 0 Å². The molecule has 1 aromatic heterocycles. The van der Waals surface area contributed by atoms with Crippen molar-refractivity contribution in [2.24, 2.45) is 0 Å². The van der Waals surface area contributed by atoms with Gasteiger partial charge in [0.1, 0.15) is 0 Å². The fraction of sp³-hybridized carbons (Fsp3) is 0.250. The first-order valence-electron chi connectivity index (χ1n) is 6.52. The van der Waals surface area contributed by atoms with Gasteiger partial charge in [-0.1, -0.05) is 56.0 Å². The normalized spacial score (nSPS) is 12.4. The van der Waals surface area contributed by atoms with Gasteiger partial charge in [0.2, 0.25) is 0 Å². The van der Waals surface area contributed by atoms with Gasteiger partial charge >= 0.3 is 0 Å². The van der Waals surface area contributed by atoms with Crippen LogP contribution < -0.4 is 0 Å². The summed E-state index contributed by atoms with van der Waals surface area (Å²) in [6, 6.07) is 17.5. The van der Waals surface area contributed by atoms with Crippen LogP contribution in [0, 0.1) is 0 Å². The predicted molar refractivity (Wildman–Crippen MR) is 82.8 cm³/mol. The molecule has 0 aliphatic heterocycles. The summed E-state index contributed by atoms with van der Waals surface area (Å²) in [4.78, 5) is 0. The summed E-state index contributed by atoms with van der Waals surface area (Å²) in [7, 11) is -1.13. The predicted octanol–water partition coefficient (Wildman–Crippen LogP) is 4.67. The Balaban J connectivity index is 2.38. The van der Waals surface area contributed by atoms with E-state index >= 15 is 0 Å². The smallest absolute Gasteiger partial charge is 0.0671 e. The van der Waals surface area contributed by atoms with Crippen LogP contribution in [0.1, 0.15) is 0 Å². The highest BCUT2D eigenvalue weighted by atomic mass is 28.3. The molecule has 0 atom stereocenters. The second-order valence-corrected chi connectivity index (χ2v) is 11.6. The van der Waals surface area contributed by atoms with Gasteiger partial charge in [0.15, 0.2) is 0 Å². The SMILES string of the molecule is C[Si](C)(C)Cn1c2ccccc2c2ccccc21. The van der Waals surface area contributed by atoms with Gasteiger partial charge in [-0.05, 0) is 12.1 Å². The average molecular weight is 253 g/mol. The molecular formula is C16H19NSi. The Morgan fingerprint density at radius 2 is 1.22 bits per heavy atom. The van der Waals surface area contributed by atoms with Gasteiger partial charge in [-0.15, -0.1) is 0 Å². The molecule has 1 heterocycles. The molecule has 92 valence electrons. The highest BCUT2D eigenvalue weighted by Gasteiger charge is 2.17. The minimum Gasteiger partial charge on any atom is -0.344 e. The van der Waals surface area contributed by atoms with Crippen LogP contribution in [-0.2, 0) is 6.17 Å². The van der Waals surface area contributed by atoms with Crippen LogP contribution in [0.3, 0.4) is 0 Å². The van der Waals surface area contributed by atoms with Gasteiger partial charge in [-0.3, -0.25) is 0 Å². The van der Waals surface area contributed by atoms with Crippen LogP contribution in [0.25, 0.3) is 21.8 Å². The van der Waals surface area contributed by atoms with E-state index in [1.807, 2.05) is 0 Å². The molecule has 0 saturated heterocycles. The van der Waals surface area contributed by atoms with Crippen molar-refractivity contribution in [3.05, 3.63) is 48.5 Å². The summed E-state index contributed by atoms with van der Waals surface area (Å²) in [5, 5.41) is 2.76. The van der Waals surface area contributed by atoms with Gasteiger partial charge in [0, 0.05) is 28.0 Å². The van der Waals surface area contributed by atoms with E-state index in [2.05, 4.69) is 72.7 Å². The molecule has 0 unspecified atom stereocenters. The lowest BCUT2D eigenvalue weighted by molar-refractivity contribution is 0.935. The van der Waals surface area contributed by atoms with Crippen LogP contribution in [0.5, 0.6) is 0 Å². The van der Waals surface area contributed by atoms with Crippen molar-refractivity contribution < 1.29 is 0 Å². The van der Waals surface area contributed by atoms with Crippen molar-refractivity contribution in [3.63, 3.8) is 0 Å². The summed E-state index contributed by atoms with van der Waals surface area (Å²) in [5.41, 5.74) is 2.75. The standard InChI is InChI=1S/C16H19NSi/c1-18(2,3)12-17-15-10-6-4-8-13(15)14-9-5-7-11-16(14)17/h4-11H,12H2,1-3H3. The number of rotatable bonds is 2. The van der Waals surface area contributed by atoms with Crippen LogP contribution >= 0.6 is 0 Å². The molecule has 0 N–H and O–H groups in total. The maximum atomic E-state index is 2.51. The Morgan fingerprint density at radius 3 is 1.67 bits per heavy atom. The number of para-hydroxylation sites is 2. The molecule has 0 saturated carbocycles. The van der Waals surface area contributed by atoms with E-state index in [1.54, 1.807) is 0 Å². The zero-order valence-corrected chi connectivity index (χ0v) is 12.3. The van der Waals surface area contributed by atoms with Gasteiger partial charge in [0.05, 0.1) is 8.07 Å². The molecule has 0 fully saturated rings. The molecule has 0 amide bonds. The van der Waals surface area contributed by atoms with Gasteiger partial charge in [-0.2, -0.15) is 0 Å². The van der Waals surface area contributed by atoms with Crippen LogP contribution in [0.2, 0.25) is 19.6 Å². The van der Waals surface area contributed by atoms with Crippen molar-refractivity contribution >= 4 is 29.9 Å². The monoisotopic (exact) mass is 253 g/mol. The summed E-state index contributed by atoms with van der Waals surface area (Å²) in [5.74, 6) is 0. The second kappa shape index (κ2) is 3.99. The van der Waals surface area contributed by atoms with Gasteiger partial charge in [0.25, 0.3) is 0 Å². The Bertz CT molecular complexity index is 651. The molecule has 0 spiro atoms. The number of fused-ring (bicyclic) bond motifs is 3. The Hall–Kier alpha value is -1.54. The van der Waals surface area contributed by atoms with E-state index in [1.165, 1.54) is 28.0 Å². The highest BCUT2D eigenvalue weighted by Crippen LogP contribution is 2.29. The highest BCUT2D eigenvalue weighted by molar-refractivity contribution is 6.75. The van der Waals surface area contributed by atoms with Gasteiger partial charge < -0.3 is 4.57 Å². The van der Waals surface area contributed by atoms with Gasteiger partial charge in [-0.25, -0.2) is 0 Å². The molecular weight excluding hydrogens is 234 g/mol. The number of nitrogens with zero attached hydrogens (tertiary/aromatic N) is 1. The molecule has 0 aliphatic rings. The fourth-order valence-electron chi connectivity index (χ4n) is 2.65. The molecule has 2 aromatic carbocycles. The van der Waals surface area contributed by atoms with Crippen molar-refractivity contribution in [2.75, 3.05) is 0 Å². The number of benzene rings is 2. The minimum absolute atomic E-state index is 1.13. The average Bonchev–Trinajstić information content (AvgIpc) is 2.64. The lowest BCUT2D eigenvalue weighted by atomic mass is 10.2. The minimum atomic E-state index is -1.13. The molecule has 0 bridgehead atoms. The number of hydrogen-bond donors (Lipinski definition) is 0. The van der Waals surface area contributed by atoms with E-state index < -0.39 is 8.07 Å². The summed E-state index contributed by atoms with van der Waals surface area (Å²) in [6.07, 6.45) is 1.18. The first kappa shape index (κ1) is 11.5. The van der Waals surface area contributed by atoms with Crippen molar-refractivity contribution in [2.45, 2.75) is 25.8 Å². The maximum Gasteiger partial charge on any atom is 0.0671 e. The van der Waals surface area contributed by atoms with E-state index in [0.717, 1.165) is 0 Å². The third kappa shape index (κ3) is 1.87. The molecule has 1 nitrogen and oxygen atoms in total. The Labute approximate surface area is 109 Å². The Morgan fingerprint density at radius 1 is 0.778 bits per heavy atom. The van der Waals surface area contributed by atoms with Crippen molar-refractivity contribution in [1.29, 1.82) is 0 Å².